The minimum Gasteiger partial charge on any atom is -0.368 e. The van der Waals surface area contributed by atoms with Crippen molar-refractivity contribution in [2.24, 2.45) is 5.73 Å². The lowest BCUT2D eigenvalue weighted by atomic mass is 9.99. The van der Waals surface area contributed by atoms with Crippen molar-refractivity contribution >= 4 is 11.6 Å². The third-order valence-corrected chi connectivity index (χ3v) is 2.91. The third-order valence-electron chi connectivity index (χ3n) is 2.91. The number of carbonyl (C=O) groups excluding carboxylic acids is 1. The summed E-state index contributed by atoms with van der Waals surface area (Å²) in [5.41, 5.74) is 7.64. The van der Waals surface area contributed by atoms with Gasteiger partial charge < -0.3 is 10.6 Å². The summed E-state index contributed by atoms with van der Waals surface area (Å²) in [6, 6.07) is 8.18. The molecule has 1 aliphatic heterocycles. The molecule has 0 saturated heterocycles. The maximum Gasteiger partial charge on any atom is 0.236 e. The van der Waals surface area contributed by atoms with Crippen molar-refractivity contribution in [3.63, 3.8) is 0 Å². The number of nitrogens with two attached hydrogens (primary N) is 1. The van der Waals surface area contributed by atoms with Gasteiger partial charge in [-0.2, -0.15) is 0 Å². The summed E-state index contributed by atoms with van der Waals surface area (Å²) >= 11 is 0. The zero-order valence-corrected chi connectivity index (χ0v) is 9.44. The number of hydrogen-bond donors (Lipinski definition) is 2. The molecular weight excluding hydrogens is 202 g/mol. The van der Waals surface area contributed by atoms with Gasteiger partial charge in [-0.05, 0) is 17.5 Å². The smallest absolute Gasteiger partial charge is 0.236 e. The fraction of sp³-hybridized carbons (Fsp3) is 0.417. The Balaban J connectivity index is 2.34. The van der Waals surface area contributed by atoms with Crippen molar-refractivity contribution in [3.8, 4) is 0 Å². The van der Waals surface area contributed by atoms with E-state index in [2.05, 4.69) is 18.3 Å². The SMILES string of the molecule is C[C@@H]1CNCN(CC(N)=O)c2ccccc21. The molecule has 1 aliphatic rings. The highest BCUT2D eigenvalue weighted by Crippen LogP contribution is 2.28. The standard InChI is InChI=1S/C12H17N3O/c1-9-6-14-8-15(7-12(13)16)11-5-3-2-4-10(9)11/h2-5,9,14H,6-8H2,1H3,(H2,13,16)/t9-/m1/s1. The molecular formula is C12H17N3O. The van der Waals surface area contributed by atoms with E-state index in [1.165, 1.54) is 5.56 Å². The van der Waals surface area contributed by atoms with E-state index in [9.17, 15) is 4.79 Å². The van der Waals surface area contributed by atoms with Crippen LogP contribution in [0, 0.1) is 0 Å². The molecule has 1 aromatic carbocycles. The first kappa shape index (κ1) is 11.0. The highest BCUT2D eigenvalue weighted by Gasteiger charge is 2.19. The first-order valence-corrected chi connectivity index (χ1v) is 5.51. The van der Waals surface area contributed by atoms with Crippen molar-refractivity contribution in [1.82, 2.24) is 5.32 Å². The van der Waals surface area contributed by atoms with Crippen molar-refractivity contribution in [1.29, 1.82) is 0 Å². The highest BCUT2D eigenvalue weighted by molar-refractivity contribution is 5.80. The van der Waals surface area contributed by atoms with E-state index in [0.717, 1.165) is 12.2 Å². The summed E-state index contributed by atoms with van der Waals surface area (Å²) in [6.45, 7) is 4.03. The van der Waals surface area contributed by atoms with Gasteiger partial charge in [-0.1, -0.05) is 25.1 Å². The van der Waals surface area contributed by atoms with Crippen LogP contribution in [0.3, 0.4) is 0 Å². The number of nitrogens with zero attached hydrogens (tertiary/aromatic N) is 1. The number of anilines is 1. The van der Waals surface area contributed by atoms with Crippen LogP contribution in [0.5, 0.6) is 0 Å². The van der Waals surface area contributed by atoms with Crippen LogP contribution in [0.15, 0.2) is 24.3 Å². The monoisotopic (exact) mass is 219 g/mol. The molecule has 0 spiro atoms. The Morgan fingerprint density at radius 2 is 2.31 bits per heavy atom. The molecule has 0 unspecified atom stereocenters. The molecule has 1 amide bonds. The normalized spacial score (nSPS) is 20.1. The first-order chi connectivity index (χ1) is 7.68. The van der Waals surface area contributed by atoms with Gasteiger partial charge in [-0.3, -0.25) is 10.1 Å². The molecule has 86 valence electrons. The van der Waals surface area contributed by atoms with Gasteiger partial charge in [0.05, 0.1) is 13.2 Å². The Morgan fingerprint density at radius 1 is 1.56 bits per heavy atom. The van der Waals surface area contributed by atoms with E-state index >= 15 is 0 Å². The molecule has 0 bridgehead atoms. The second-order valence-corrected chi connectivity index (χ2v) is 4.24. The lowest BCUT2D eigenvalue weighted by molar-refractivity contribution is -0.116. The quantitative estimate of drug-likeness (QED) is 0.767. The molecule has 0 fully saturated rings. The van der Waals surface area contributed by atoms with Crippen molar-refractivity contribution in [3.05, 3.63) is 29.8 Å². The lowest BCUT2D eigenvalue weighted by Crippen LogP contribution is -2.39. The lowest BCUT2D eigenvalue weighted by Gasteiger charge is -2.23. The van der Waals surface area contributed by atoms with E-state index < -0.39 is 0 Å². The molecule has 3 N–H and O–H groups in total. The molecule has 16 heavy (non-hydrogen) atoms. The van der Waals surface area contributed by atoms with Crippen LogP contribution >= 0.6 is 0 Å². The highest BCUT2D eigenvalue weighted by atomic mass is 16.1. The fourth-order valence-electron chi connectivity index (χ4n) is 2.13. The minimum absolute atomic E-state index is 0.261. The average Bonchev–Trinajstić information content (AvgIpc) is 2.40. The summed E-state index contributed by atoms with van der Waals surface area (Å²) in [4.78, 5) is 13.0. The number of hydrogen-bond acceptors (Lipinski definition) is 3. The second kappa shape index (κ2) is 4.53. The van der Waals surface area contributed by atoms with E-state index in [4.69, 9.17) is 5.73 Å². The van der Waals surface area contributed by atoms with Gasteiger partial charge in [-0.25, -0.2) is 0 Å². The third kappa shape index (κ3) is 2.17. The Morgan fingerprint density at radius 3 is 3.06 bits per heavy atom. The summed E-state index contributed by atoms with van der Waals surface area (Å²) < 4.78 is 0. The van der Waals surface area contributed by atoms with E-state index in [1.54, 1.807) is 0 Å². The Hall–Kier alpha value is -1.55. The van der Waals surface area contributed by atoms with Crippen LogP contribution in [0.25, 0.3) is 0 Å². The number of fused-ring (bicyclic) bond motifs is 1. The van der Waals surface area contributed by atoms with Crippen LogP contribution in [-0.4, -0.2) is 25.7 Å². The fourth-order valence-corrected chi connectivity index (χ4v) is 2.13. The number of carbonyl (C=O) groups is 1. The van der Waals surface area contributed by atoms with Crippen LogP contribution in [-0.2, 0) is 4.79 Å². The van der Waals surface area contributed by atoms with Gasteiger partial charge in [0.25, 0.3) is 0 Å². The van der Waals surface area contributed by atoms with E-state index in [1.807, 2.05) is 23.1 Å². The molecule has 1 aromatic rings. The van der Waals surface area contributed by atoms with Crippen LogP contribution < -0.4 is 16.0 Å². The Labute approximate surface area is 95.4 Å². The van der Waals surface area contributed by atoms with Gasteiger partial charge in [0, 0.05) is 12.2 Å². The molecule has 0 aliphatic carbocycles. The average molecular weight is 219 g/mol. The molecule has 0 aromatic heterocycles. The van der Waals surface area contributed by atoms with E-state index in [0.29, 0.717) is 12.6 Å². The van der Waals surface area contributed by atoms with Crippen molar-refractivity contribution in [2.75, 3.05) is 24.7 Å². The molecule has 2 rings (SSSR count). The summed E-state index contributed by atoms with van der Waals surface area (Å²) in [7, 11) is 0. The Kier molecular flexibility index (Phi) is 3.10. The maximum absolute atomic E-state index is 11.0. The van der Waals surface area contributed by atoms with Crippen molar-refractivity contribution < 1.29 is 4.79 Å². The van der Waals surface area contributed by atoms with Gasteiger partial charge >= 0.3 is 0 Å². The Bertz CT molecular complexity index is 392. The number of benzene rings is 1. The largest absolute Gasteiger partial charge is 0.368 e. The van der Waals surface area contributed by atoms with Crippen LogP contribution in [0.2, 0.25) is 0 Å². The van der Waals surface area contributed by atoms with Gasteiger partial charge in [-0.15, -0.1) is 0 Å². The number of rotatable bonds is 2. The molecule has 4 nitrogen and oxygen atoms in total. The molecule has 1 heterocycles. The topological polar surface area (TPSA) is 58.4 Å². The molecule has 0 saturated carbocycles. The van der Waals surface area contributed by atoms with Gasteiger partial charge in [0.1, 0.15) is 0 Å². The molecule has 0 radical (unpaired) electrons. The summed E-state index contributed by atoms with van der Waals surface area (Å²) in [5.74, 6) is 0.153. The van der Waals surface area contributed by atoms with Gasteiger partial charge in [0.15, 0.2) is 0 Å². The summed E-state index contributed by atoms with van der Waals surface area (Å²) in [6.07, 6.45) is 0. The van der Waals surface area contributed by atoms with Crippen LogP contribution in [0.4, 0.5) is 5.69 Å². The zero-order valence-electron chi connectivity index (χ0n) is 9.44. The molecule has 4 heteroatoms. The number of primary amides is 1. The number of para-hydroxylation sites is 1. The number of amides is 1. The maximum atomic E-state index is 11.0. The second-order valence-electron chi connectivity index (χ2n) is 4.24. The van der Waals surface area contributed by atoms with Crippen molar-refractivity contribution in [2.45, 2.75) is 12.8 Å². The first-order valence-electron chi connectivity index (χ1n) is 5.51. The zero-order chi connectivity index (χ0) is 11.5. The minimum atomic E-state index is -0.300. The predicted molar refractivity (Wildman–Crippen MR) is 64.3 cm³/mol. The number of nitrogens with one attached hydrogen (secondary N) is 1. The summed E-state index contributed by atoms with van der Waals surface area (Å²) in [5, 5.41) is 3.32. The van der Waals surface area contributed by atoms with Gasteiger partial charge in [0.2, 0.25) is 5.91 Å². The molecule has 1 atom stereocenters. The van der Waals surface area contributed by atoms with Crippen LogP contribution in [0.1, 0.15) is 18.4 Å². The van der Waals surface area contributed by atoms with E-state index in [-0.39, 0.29) is 12.5 Å². The predicted octanol–water partition coefficient (Wildman–Crippen LogP) is 0.643.